The molecule has 1 atom stereocenters. The Morgan fingerprint density at radius 1 is 1.11 bits per heavy atom. The van der Waals surface area contributed by atoms with Gasteiger partial charge in [-0.15, -0.1) is 0 Å². The van der Waals surface area contributed by atoms with E-state index in [0.29, 0.717) is 25.5 Å². The first-order valence-electron chi connectivity index (χ1n) is 10.7. The predicted molar refractivity (Wildman–Crippen MR) is 111 cm³/mol. The molecule has 2 heterocycles. The number of likely N-dealkylation sites (tertiary alicyclic amines) is 1. The highest BCUT2D eigenvalue weighted by molar-refractivity contribution is 7.91. The van der Waals surface area contributed by atoms with Gasteiger partial charge in [0.2, 0.25) is 5.91 Å². The standard InChI is InChI=1S/C19H35N5O3S/c1-2-20-19(21-8-10-23-11-13-28(26,27)14-12-23)22-17-7-9-24(15-17)18(25)16-5-3-4-6-16/h16-17H,2-15H2,1H3,(H2,20,21,22). The predicted octanol–water partition coefficient (Wildman–Crippen LogP) is 0.0630. The fraction of sp³-hybridized carbons (Fsp3) is 0.895. The van der Waals surface area contributed by atoms with Crippen molar-refractivity contribution in [2.24, 2.45) is 10.9 Å². The molecule has 3 aliphatic rings. The fourth-order valence-corrected chi connectivity index (χ4v) is 5.58. The molecule has 1 unspecified atom stereocenters. The lowest BCUT2D eigenvalue weighted by Crippen LogP contribution is -2.46. The Kier molecular flexibility index (Phi) is 7.56. The van der Waals surface area contributed by atoms with Gasteiger partial charge in [0.15, 0.2) is 15.8 Å². The van der Waals surface area contributed by atoms with E-state index < -0.39 is 9.84 Å². The minimum absolute atomic E-state index is 0.239. The van der Waals surface area contributed by atoms with E-state index in [1.54, 1.807) is 0 Å². The van der Waals surface area contributed by atoms with Crippen molar-refractivity contribution >= 4 is 21.7 Å². The number of hydrogen-bond donors (Lipinski definition) is 2. The maximum absolute atomic E-state index is 12.6. The Labute approximate surface area is 169 Å². The first-order valence-corrected chi connectivity index (χ1v) is 12.6. The third-order valence-corrected chi connectivity index (χ3v) is 7.62. The van der Waals surface area contributed by atoms with E-state index in [4.69, 9.17) is 0 Å². The topological polar surface area (TPSA) is 94.1 Å². The first-order chi connectivity index (χ1) is 13.5. The smallest absolute Gasteiger partial charge is 0.225 e. The summed E-state index contributed by atoms with van der Waals surface area (Å²) in [6.07, 6.45) is 5.43. The molecule has 3 rings (SSSR count). The van der Waals surface area contributed by atoms with Crippen LogP contribution in [0.4, 0.5) is 0 Å². The van der Waals surface area contributed by atoms with Crippen LogP contribution >= 0.6 is 0 Å². The first kappa shape index (κ1) is 21.4. The average molecular weight is 414 g/mol. The zero-order chi connectivity index (χ0) is 20.0. The van der Waals surface area contributed by atoms with Crippen molar-refractivity contribution in [2.45, 2.75) is 45.1 Å². The number of sulfone groups is 1. The molecule has 0 radical (unpaired) electrons. The van der Waals surface area contributed by atoms with E-state index in [1.807, 2.05) is 11.8 Å². The Hall–Kier alpha value is -1.35. The average Bonchev–Trinajstić information content (AvgIpc) is 3.35. The Morgan fingerprint density at radius 2 is 1.82 bits per heavy atom. The molecule has 160 valence electrons. The molecule has 0 bridgehead atoms. The molecule has 9 heteroatoms. The van der Waals surface area contributed by atoms with Gasteiger partial charge in [-0.1, -0.05) is 12.8 Å². The third-order valence-electron chi connectivity index (χ3n) is 6.01. The van der Waals surface area contributed by atoms with Gasteiger partial charge in [0, 0.05) is 51.2 Å². The lowest BCUT2D eigenvalue weighted by Gasteiger charge is -2.26. The summed E-state index contributed by atoms with van der Waals surface area (Å²) in [4.78, 5) is 21.4. The summed E-state index contributed by atoms with van der Waals surface area (Å²) in [7, 11) is -2.83. The van der Waals surface area contributed by atoms with Gasteiger partial charge in [-0.05, 0) is 26.2 Å². The number of nitrogens with zero attached hydrogens (tertiary/aromatic N) is 3. The Balaban J connectivity index is 1.43. The Morgan fingerprint density at radius 3 is 2.50 bits per heavy atom. The zero-order valence-corrected chi connectivity index (χ0v) is 17.8. The second kappa shape index (κ2) is 9.91. The van der Waals surface area contributed by atoms with Crippen molar-refractivity contribution in [3.8, 4) is 0 Å². The monoisotopic (exact) mass is 413 g/mol. The van der Waals surface area contributed by atoms with E-state index in [9.17, 15) is 13.2 Å². The summed E-state index contributed by atoms with van der Waals surface area (Å²) in [6, 6.07) is 0.239. The Bertz CT molecular complexity index is 646. The molecule has 2 N–H and O–H groups in total. The molecule has 2 saturated heterocycles. The molecule has 0 aromatic heterocycles. The van der Waals surface area contributed by atoms with E-state index in [-0.39, 0.29) is 23.5 Å². The van der Waals surface area contributed by atoms with E-state index >= 15 is 0 Å². The number of carbonyl (C=O) groups is 1. The van der Waals surface area contributed by atoms with Crippen molar-refractivity contribution in [1.29, 1.82) is 0 Å². The van der Waals surface area contributed by atoms with Gasteiger partial charge in [0.1, 0.15) is 0 Å². The van der Waals surface area contributed by atoms with Gasteiger partial charge in [-0.25, -0.2) is 8.42 Å². The van der Waals surface area contributed by atoms with Crippen molar-refractivity contribution in [2.75, 3.05) is 57.3 Å². The molecule has 0 aromatic rings. The van der Waals surface area contributed by atoms with Gasteiger partial charge in [-0.3, -0.25) is 14.7 Å². The second-order valence-electron chi connectivity index (χ2n) is 8.15. The number of nitrogens with one attached hydrogen (secondary N) is 2. The summed E-state index contributed by atoms with van der Waals surface area (Å²) in [5, 5.41) is 6.75. The van der Waals surface area contributed by atoms with Crippen LogP contribution in [0.2, 0.25) is 0 Å². The molecule has 28 heavy (non-hydrogen) atoms. The number of carbonyl (C=O) groups excluding carboxylic acids is 1. The number of aliphatic imine (C=N–C) groups is 1. The molecular formula is C19H35N5O3S. The molecule has 0 aromatic carbocycles. The summed E-state index contributed by atoms with van der Waals surface area (Å²) < 4.78 is 23.0. The summed E-state index contributed by atoms with van der Waals surface area (Å²) in [6.45, 7) is 7.00. The van der Waals surface area contributed by atoms with Crippen LogP contribution in [-0.2, 0) is 14.6 Å². The minimum atomic E-state index is -2.83. The van der Waals surface area contributed by atoms with Crippen molar-refractivity contribution in [3.05, 3.63) is 0 Å². The molecular weight excluding hydrogens is 378 g/mol. The molecule has 3 fully saturated rings. The highest BCUT2D eigenvalue weighted by atomic mass is 32.2. The molecule has 1 saturated carbocycles. The van der Waals surface area contributed by atoms with Gasteiger partial charge in [-0.2, -0.15) is 0 Å². The summed E-state index contributed by atoms with van der Waals surface area (Å²) >= 11 is 0. The number of rotatable bonds is 6. The number of hydrogen-bond acceptors (Lipinski definition) is 5. The maximum Gasteiger partial charge on any atom is 0.225 e. The van der Waals surface area contributed by atoms with Gasteiger partial charge in [0.25, 0.3) is 0 Å². The van der Waals surface area contributed by atoms with Crippen molar-refractivity contribution in [1.82, 2.24) is 20.4 Å². The lowest BCUT2D eigenvalue weighted by molar-refractivity contribution is -0.134. The van der Waals surface area contributed by atoms with Crippen LogP contribution in [0.3, 0.4) is 0 Å². The normalized spacial score (nSPS) is 26.5. The van der Waals surface area contributed by atoms with Crippen LogP contribution in [-0.4, -0.2) is 93.4 Å². The maximum atomic E-state index is 12.6. The molecule has 0 spiro atoms. The molecule has 8 nitrogen and oxygen atoms in total. The molecule has 1 aliphatic carbocycles. The van der Waals surface area contributed by atoms with Crippen LogP contribution in [0, 0.1) is 5.92 Å². The minimum Gasteiger partial charge on any atom is -0.357 e. The number of guanidine groups is 1. The van der Waals surface area contributed by atoms with Crippen LogP contribution < -0.4 is 10.6 Å². The molecule has 2 aliphatic heterocycles. The van der Waals surface area contributed by atoms with Gasteiger partial charge < -0.3 is 15.5 Å². The zero-order valence-electron chi connectivity index (χ0n) is 17.0. The SMILES string of the molecule is CCNC(=NCCN1CCS(=O)(=O)CC1)NC1CCN(C(=O)C2CCCC2)C1. The van der Waals surface area contributed by atoms with Crippen LogP contribution in [0.25, 0.3) is 0 Å². The van der Waals surface area contributed by atoms with Crippen LogP contribution in [0.1, 0.15) is 39.0 Å². The lowest BCUT2D eigenvalue weighted by atomic mass is 10.1. The van der Waals surface area contributed by atoms with Gasteiger partial charge >= 0.3 is 0 Å². The highest BCUT2D eigenvalue weighted by Crippen LogP contribution is 2.27. The van der Waals surface area contributed by atoms with E-state index in [2.05, 4.69) is 20.5 Å². The third kappa shape index (κ3) is 6.07. The quantitative estimate of drug-likeness (QED) is 0.473. The van der Waals surface area contributed by atoms with Crippen molar-refractivity contribution < 1.29 is 13.2 Å². The number of amides is 1. The van der Waals surface area contributed by atoms with E-state index in [1.165, 1.54) is 12.8 Å². The van der Waals surface area contributed by atoms with Crippen molar-refractivity contribution in [3.63, 3.8) is 0 Å². The summed E-state index contributed by atoms with van der Waals surface area (Å²) in [5.74, 6) is 1.87. The molecule has 1 amide bonds. The van der Waals surface area contributed by atoms with Crippen LogP contribution in [0.5, 0.6) is 0 Å². The van der Waals surface area contributed by atoms with Gasteiger partial charge in [0.05, 0.1) is 18.1 Å². The highest BCUT2D eigenvalue weighted by Gasteiger charge is 2.32. The van der Waals surface area contributed by atoms with E-state index in [0.717, 1.165) is 51.4 Å². The summed E-state index contributed by atoms with van der Waals surface area (Å²) in [5.41, 5.74) is 0. The van der Waals surface area contributed by atoms with Crippen LogP contribution in [0.15, 0.2) is 4.99 Å². The second-order valence-corrected chi connectivity index (χ2v) is 10.5. The largest absolute Gasteiger partial charge is 0.357 e. The fourth-order valence-electron chi connectivity index (χ4n) is 4.30.